The van der Waals surface area contributed by atoms with Crippen LogP contribution in [0.25, 0.3) is 0 Å². The number of amides is 3. The molecule has 1 saturated heterocycles. The standard InChI is InChI=1S/C21H22BrN3O3/c1-15(26)23-19-5-2-4-17(14-19)21(28)25-11-3-10-24(12-13-25)20(27)16-6-8-18(22)9-7-16/h2,4-9,14H,3,10-13H2,1H3,(H,23,26). The summed E-state index contributed by atoms with van der Waals surface area (Å²) in [6.07, 6.45) is 0.722. The Bertz CT molecular complexity index is 883. The Morgan fingerprint density at radius 2 is 1.46 bits per heavy atom. The first-order valence-corrected chi connectivity index (χ1v) is 9.95. The number of rotatable bonds is 3. The highest BCUT2D eigenvalue weighted by molar-refractivity contribution is 9.10. The van der Waals surface area contributed by atoms with Gasteiger partial charge in [0.25, 0.3) is 11.8 Å². The molecule has 1 N–H and O–H groups in total. The first kappa shape index (κ1) is 20.1. The monoisotopic (exact) mass is 443 g/mol. The molecule has 0 unspecified atom stereocenters. The third-order valence-electron chi connectivity index (χ3n) is 4.59. The van der Waals surface area contributed by atoms with Crippen molar-refractivity contribution < 1.29 is 14.4 Å². The molecule has 3 amide bonds. The van der Waals surface area contributed by atoms with Crippen LogP contribution in [-0.4, -0.2) is 53.7 Å². The summed E-state index contributed by atoms with van der Waals surface area (Å²) in [7, 11) is 0. The fraction of sp³-hybridized carbons (Fsp3) is 0.286. The number of anilines is 1. The van der Waals surface area contributed by atoms with Crippen molar-refractivity contribution in [3.8, 4) is 0 Å². The maximum Gasteiger partial charge on any atom is 0.253 e. The molecule has 0 spiro atoms. The second-order valence-electron chi connectivity index (χ2n) is 6.71. The molecule has 28 heavy (non-hydrogen) atoms. The van der Waals surface area contributed by atoms with Crippen molar-refractivity contribution in [3.63, 3.8) is 0 Å². The van der Waals surface area contributed by atoms with Crippen LogP contribution in [0.5, 0.6) is 0 Å². The van der Waals surface area contributed by atoms with Crippen LogP contribution in [0, 0.1) is 0 Å². The van der Waals surface area contributed by atoms with Crippen molar-refractivity contribution >= 4 is 39.3 Å². The van der Waals surface area contributed by atoms with Gasteiger partial charge in [-0.15, -0.1) is 0 Å². The first-order chi connectivity index (χ1) is 13.4. The predicted octanol–water partition coefficient (Wildman–Crippen LogP) is 3.40. The molecule has 2 aromatic rings. The first-order valence-electron chi connectivity index (χ1n) is 9.16. The fourth-order valence-corrected chi connectivity index (χ4v) is 3.48. The lowest BCUT2D eigenvalue weighted by Gasteiger charge is -2.22. The highest BCUT2D eigenvalue weighted by Crippen LogP contribution is 2.16. The molecule has 146 valence electrons. The summed E-state index contributed by atoms with van der Waals surface area (Å²) in [4.78, 5) is 40.4. The van der Waals surface area contributed by atoms with Crippen LogP contribution in [-0.2, 0) is 4.79 Å². The lowest BCUT2D eigenvalue weighted by atomic mass is 10.1. The summed E-state index contributed by atoms with van der Waals surface area (Å²) in [6.45, 7) is 3.61. The van der Waals surface area contributed by atoms with Gasteiger partial charge in [0.15, 0.2) is 0 Å². The molecular weight excluding hydrogens is 422 g/mol. The van der Waals surface area contributed by atoms with Gasteiger partial charge in [0.1, 0.15) is 0 Å². The maximum absolute atomic E-state index is 12.9. The van der Waals surface area contributed by atoms with Gasteiger partial charge in [0.2, 0.25) is 5.91 Å². The summed E-state index contributed by atoms with van der Waals surface area (Å²) in [6, 6.07) is 14.2. The van der Waals surface area contributed by atoms with Crippen LogP contribution in [0.4, 0.5) is 5.69 Å². The Hall–Kier alpha value is -2.67. The molecule has 0 saturated carbocycles. The number of nitrogens with one attached hydrogen (secondary N) is 1. The van der Waals surface area contributed by atoms with Gasteiger partial charge in [-0.3, -0.25) is 14.4 Å². The Balaban J connectivity index is 1.66. The van der Waals surface area contributed by atoms with Gasteiger partial charge in [-0.25, -0.2) is 0 Å². The average Bonchev–Trinajstić information content (AvgIpc) is 2.93. The third kappa shape index (κ3) is 4.98. The van der Waals surface area contributed by atoms with Gasteiger partial charge in [-0.1, -0.05) is 22.0 Å². The zero-order chi connectivity index (χ0) is 20.1. The number of hydrogen-bond donors (Lipinski definition) is 1. The normalized spacial score (nSPS) is 14.4. The predicted molar refractivity (Wildman–Crippen MR) is 111 cm³/mol. The number of carbonyl (C=O) groups excluding carboxylic acids is 3. The lowest BCUT2D eigenvalue weighted by molar-refractivity contribution is -0.114. The lowest BCUT2D eigenvalue weighted by Crippen LogP contribution is -2.37. The Kier molecular flexibility index (Phi) is 6.46. The topological polar surface area (TPSA) is 69.7 Å². The van der Waals surface area contributed by atoms with E-state index in [1.165, 1.54) is 6.92 Å². The molecule has 0 bridgehead atoms. The van der Waals surface area contributed by atoms with Crippen molar-refractivity contribution in [2.75, 3.05) is 31.5 Å². The zero-order valence-electron chi connectivity index (χ0n) is 15.7. The van der Waals surface area contributed by atoms with Gasteiger partial charge in [-0.2, -0.15) is 0 Å². The number of carbonyl (C=O) groups is 3. The van der Waals surface area contributed by atoms with Gasteiger partial charge >= 0.3 is 0 Å². The fourth-order valence-electron chi connectivity index (χ4n) is 3.21. The van der Waals surface area contributed by atoms with Crippen LogP contribution in [0.1, 0.15) is 34.1 Å². The summed E-state index contributed by atoms with van der Waals surface area (Å²) in [5.41, 5.74) is 1.77. The molecule has 0 aromatic heterocycles. The van der Waals surface area contributed by atoms with E-state index in [0.29, 0.717) is 43.0 Å². The maximum atomic E-state index is 12.9. The largest absolute Gasteiger partial charge is 0.337 e. The van der Waals surface area contributed by atoms with E-state index in [-0.39, 0.29) is 17.7 Å². The molecule has 1 fully saturated rings. The summed E-state index contributed by atoms with van der Waals surface area (Å²) in [5, 5.41) is 2.69. The van der Waals surface area contributed by atoms with Gasteiger partial charge < -0.3 is 15.1 Å². The zero-order valence-corrected chi connectivity index (χ0v) is 17.2. The van der Waals surface area contributed by atoms with Crippen molar-refractivity contribution in [3.05, 3.63) is 64.1 Å². The molecular formula is C21H22BrN3O3. The Labute approximate surface area is 172 Å². The quantitative estimate of drug-likeness (QED) is 0.789. The molecule has 1 aliphatic heterocycles. The number of benzene rings is 2. The molecule has 1 aliphatic rings. The van der Waals surface area contributed by atoms with E-state index in [2.05, 4.69) is 21.2 Å². The van der Waals surface area contributed by atoms with Crippen molar-refractivity contribution in [2.24, 2.45) is 0 Å². The van der Waals surface area contributed by atoms with E-state index in [4.69, 9.17) is 0 Å². The minimum Gasteiger partial charge on any atom is -0.337 e. The molecule has 3 rings (SSSR count). The van der Waals surface area contributed by atoms with Crippen molar-refractivity contribution in [1.82, 2.24) is 9.80 Å². The van der Waals surface area contributed by atoms with E-state index in [0.717, 1.165) is 10.9 Å². The van der Waals surface area contributed by atoms with Crippen molar-refractivity contribution in [1.29, 1.82) is 0 Å². The molecule has 7 heteroatoms. The van der Waals surface area contributed by atoms with Crippen LogP contribution in [0.3, 0.4) is 0 Å². The minimum atomic E-state index is -0.179. The van der Waals surface area contributed by atoms with E-state index in [1.54, 1.807) is 46.2 Å². The van der Waals surface area contributed by atoms with Gasteiger partial charge in [0.05, 0.1) is 0 Å². The molecule has 6 nitrogen and oxygen atoms in total. The summed E-state index contributed by atoms with van der Waals surface area (Å²) in [5.74, 6) is -0.291. The molecule has 0 aliphatic carbocycles. The minimum absolute atomic E-state index is 0.0190. The van der Waals surface area contributed by atoms with Gasteiger partial charge in [-0.05, 0) is 48.9 Å². The molecule has 2 aromatic carbocycles. The summed E-state index contributed by atoms with van der Waals surface area (Å²) < 4.78 is 0.929. The van der Waals surface area contributed by atoms with Crippen LogP contribution >= 0.6 is 15.9 Å². The third-order valence-corrected chi connectivity index (χ3v) is 5.12. The SMILES string of the molecule is CC(=O)Nc1cccc(C(=O)N2CCCN(C(=O)c3ccc(Br)cc3)CC2)c1. The second-order valence-corrected chi connectivity index (χ2v) is 7.62. The van der Waals surface area contributed by atoms with E-state index < -0.39 is 0 Å². The summed E-state index contributed by atoms with van der Waals surface area (Å²) >= 11 is 3.37. The molecule has 1 heterocycles. The number of hydrogen-bond acceptors (Lipinski definition) is 3. The molecule has 0 atom stereocenters. The van der Waals surface area contributed by atoms with Gasteiger partial charge in [0, 0.05) is 54.4 Å². The molecule has 0 radical (unpaired) electrons. The van der Waals surface area contributed by atoms with Crippen molar-refractivity contribution in [2.45, 2.75) is 13.3 Å². The second kappa shape index (κ2) is 9.01. The van der Waals surface area contributed by atoms with Crippen LogP contribution in [0.2, 0.25) is 0 Å². The highest BCUT2D eigenvalue weighted by Gasteiger charge is 2.23. The Morgan fingerprint density at radius 1 is 0.857 bits per heavy atom. The number of halogens is 1. The van der Waals surface area contributed by atoms with E-state index >= 15 is 0 Å². The smallest absolute Gasteiger partial charge is 0.253 e. The number of nitrogens with zero attached hydrogens (tertiary/aromatic N) is 2. The van der Waals surface area contributed by atoms with E-state index in [1.807, 2.05) is 12.1 Å². The van der Waals surface area contributed by atoms with E-state index in [9.17, 15) is 14.4 Å². The average molecular weight is 444 g/mol. The highest BCUT2D eigenvalue weighted by atomic mass is 79.9. The van der Waals surface area contributed by atoms with Crippen LogP contribution < -0.4 is 5.32 Å². The van der Waals surface area contributed by atoms with Crippen LogP contribution in [0.15, 0.2) is 53.0 Å². The Morgan fingerprint density at radius 3 is 2.07 bits per heavy atom.